The smallest absolute Gasteiger partial charge is 0.462 e. The highest BCUT2D eigenvalue weighted by atomic mass is 31.2. The first-order valence-electron chi connectivity index (χ1n) is 23.1. The topological polar surface area (TPSA) is 236 Å². The van der Waals surface area contributed by atoms with E-state index in [1.807, 2.05) is 18.2 Å². The zero-order chi connectivity index (χ0) is 48.3. The highest BCUT2D eigenvalue weighted by Gasteiger charge is 2.28. The third kappa shape index (κ3) is 44.6. The van der Waals surface area contributed by atoms with E-state index in [1.165, 1.54) is 19.3 Å². The normalized spacial score (nSPS) is 15.8. The number of ether oxygens (including phenoxy) is 2. The maximum Gasteiger partial charge on any atom is 0.472 e. The summed E-state index contributed by atoms with van der Waals surface area (Å²) < 4.78 is 47.6. The second-order valence-electron chi connectivity index (χ2n) is 15.2. The molecule has 6 N–H and O–H groups in total. The quantitative estimate of drug-likeness (QED) is 0.0144. The number of allylic oxidation sites excluding steroid dienone is 15. The third-order valence-electron chi connectivity index (χ3n) is 9.15. The second kappa shape index (κ2) is 42.3. The Balaban J connectivity index is 4.79. The van der Waals surface area contributed by atoms with Gasteiger partial charge in [-0.1, -0.05) is 130 Å². The van der Waals surface area contributed by atoms with Gasteiger partial charge in [-0.15, -0.1) is 0 Å². The molecular weight excluding hydrogens is 878 g/mol. The van der Waals surface area contributed by atoms with Crippen molar-refractivity contribution in [1.82, 2.24) is 0 Å². The lowest BCUT2D eigenvalue weighted by Gasteiger charge is -2.21. The Morgan fingerprint density at radius 2 is 0.985 bits per heavy atom. The molecule has 372 valence electrons. The Kier molecular flexibility index (Phi) is 40.3. The minimum Gasteiger partial charge on any atom is -0.462 e. The largest absolute Gasteiger partial charge is 0.472 e. The lowest BCUT2D eigenvalue weighted by Crippen LogP contribution is -2.30. The van der Waals surface area contributed by atoms with Gasteiger partial charge in [0.2, 0.25) is 0 Å². The molecule has 0 radical (unpaired) electrons. The van der Waals surface area contributed by atoms with Crippen LogP contribution in [0.5, 0.6) is 0 Å². The van der Waals surface area contributed by atoms with E-state index in [0.717, 1.165) is 64.2 Å². The lowest BCUT2D eigenvalue weighted by atomic mass is 10.0. The van der Waals surface area contributed by atoms with Crippen molar-refractivity contribution in [3.8, 4) is 0 Å². The number of hydrogen-bond donors (Lipinski definition) is 6. The van der Waals surface area contributed by atoms with Crippen molar-refractivity contribution in [3.63, 3.8) is 0 Å². The van der Waals surface area contributed by atoms with Crippen LogP contribution in [-0.2, 0) is 41.8 Å². The van der Waals surface area contributed by atoms with Crippen LogP contribution >= 0.6 is 15.6 Å². The van der Waals surface area contributed by atoms with Gasteiger partial charge in [-0.25, -0.2) is 9.13 Å². The molecule has 0 spiro atoms. The fraction of sp³-hybridized carbons (Fsp3) is 0.625. The number of unbranched alkanes of at least 4 members (excludes halogenated alkanes) is 6. The maximum atomic E-state index is 12.7. The highest BCUT2D eigenvalue weighted by Crippen LogP contribution is 2.43. The standard InChI is InChI=1S/C48H80O15P2/c1-3-5-7-9-11-13-15-17-18-19-20-21-22-23-25-27-29-31-33-37-47(52)59-41-44(42-62-65(57,58)61-40-43(49)39-60-64(54,55)56)63-48(53)38-34-36-46(51)45(50)35-32-30-28-26-24-16-14-12-10-8-6-4-2/h6,8,11-14,17-18,20-21,23-26,30,32,43-46,49-51H,3-5,7,9-10,15-16,19,22,27-29,31,33-42H2,1-2H3,(H,57,58)(H2,54,55,56)/b8-6-,13-11-,14-12-,18-17-,21-20-,25-23-,26-24-,32-30-/t43-,44+,45+,46+/m0/s1. The summed E-state index contributed by atoms with van der Waals surface area (Å²) in [6, 6.07) is 0. The molecule has 0 saturated carbocycles. The first-order valence-corrected chi connectivity index (χ1v) is 26.1. The number of aliphatic hydroxyl groups is 3. The molecule has 0 saturated heterocycles. The second-order valence-corrected chi connectivity index (χ2v) is 17.9. The van der Waals surface area contributed by atoms with Gasteiger partial charge in [-0.05, 0) is 96.3 Å². The number of rotatable bonds is 42. The first-order chi connectivity index (χ1) is 31.2. The van der Waals surface area contributed by atoms with Crippen molar-refractivity contribution in [1.29, 1.82) is 0 Å². The van der Waals surface area contributed by atoms with E-state index in [1.54, 1.807) is 6.08 Å². The van der Waals surface area contributed by atoms with Crippen molar-refractivity contribution < 1.29 is 71.8 Å². The fourth-order valence-corrected chi connectivity index (χ4v) is 6.69. The Bertz CT molecular complexity index is 1550. The molecule has 5 atom stereocenters. The number of carbonyl (C=O) groups is 2. The van der Waals surface area contributed by atoms with E-state index in [0.29, 0.717) is 12.8 Å². The SMILES string of the molecule is CC/C=C\C/C=C\C/C=C\C/C=C\C[C@@H](O)[C@H](O)CCCC(=O)O[C@H](COC(=O)CCCCC/C=C\C/C=C\C/C=C\C/C=C\CCCCC)COP(=O)(O)OC[C@@H](O)COP(=O)(O)O. The summed E-state index contributed by atoms with van der Waals surface area (Å²) in [5.41, 5.74) is 0. The Morgan fingerprint density at radius 3 is 1.52 bits per heavy atom. The summed E-state index contributed by atoms with van der Waals surface area (Å²) in [5, 5.41) is 30.5. The highest BCUT2D eigenvalue weighted by molar-refractivity contribution is 7.47. The number of aliphatic hydroxyl groups excluding tert-OH is 3. The van der Waals surface area contributed by atoms with Crippen molar-refractivity contribution >= 4 is 27.6 Å². The van der Waals surface area contributed by atoms with E-state index in [4.69, 9.17) is 23.8 Å². The molecule has 0 heterocycles. The Labute approximate surface area is 388 Å². The van der Waals surface area contributed by atoms with Crippen LogP contribution in [0.15, 0.2) is 97.2 Å². The molecule has 0 rings (SSSR count). The molecule has 17 heteroatoms. The lowest BCUT2D eigenvalue weighted by molar-refractivity contribution is -0.161. The van der Waals surface area contributed by atoms with Gasteiger partial charge in [-0.2, -0.15) is 0 Å². The van der Waals surface area contributed by atoms with Gasteiger partial charge in [0.25, 0.3) is 0 Å². The summed E-state index contributed by atoms with van der Waals surface area (Å²) >= 11 is 0. The first kappa shape index (κ1) is 62.0. The molecule has 65 heavy (non-hydrogen) atoms. The van der Waals surface area contributed by atoms with Crippen LogP contribution in [0.3, 0.4) is 0 Å². The third-order valence-corrected chi connectivity index (χ3v) is 10.6. The monoisotopic (exact) mass is 958 g/mol. The van der Waals surface area contributed by atoms with Crippen LogP contribution in [0.2, 0.25) is 0 Å². The summed E-state index contributed by atoms with van der Waals surface area (Å²) in [6.07, 6.45) is 42.7. The van der Waals surface area contributed by atoms with Gasteiger partial charge >= 0.3 is 27.6 Å². The minimum absolute atomic E-state index is 0.0795. The van der Waals surface area contributed by atoms with Crippen LogP contribution in [0.1, 0.15) is 142 Å². The molecule has 0 aliphatic heterocycles. The zero-order valence-electron chi connectivity index (χ0n) is 38.8. The van der Waals surface area contributed by atoms with Crippen LogP contribution in [-0.4, -0.2) is 92.8 Å². The zero-order valence-corrected chi connectivity index (χ0v) is 40.6. The van der Waals surface area contributed by atoms with Crippen molar-refractivity contribution in [2.24, 2.45) is 0 Å². The number of esters is 2. The molecule has 0 fully saturated rings. The Morgan fingerprint density at radius 1 is 0.508 bits per heavy atom. The van der Waals surface area contributed by atoms with E-state index in [2.05, 4.69) is 95.8 Å². The van der Waals surface area contributed by atoms with Gasteiger partial charge in [-0.3, -0.25) is 23.2 Å². The average molecular weight is 959 g/mol. The predicted molar refractivity (Wildman–Crippen MR) is 255 cm³/mol. The van der Waals surface area contributed by atoms with E-state index >= 15 is 0 Å². The van der Waals surface area contributed by atoms with Gasteiger partial charge in [0, 0.05) is 12.8 Å². The maximum absolute atomic E-state index is 12.7. The van der Waals surface area contributed by atoms with Gasteiger partial charge in [0.15, 0.2) is 6.10 Å². The van der Waals surface area contributed by atoms with Crippen LogP contribution < -0.4 is 0 Å². The van der Waals surface area contributed by atoms with Crippen molar-refractivity contribution in [2.45, 2.75) is 167 Å². The van der Waals surface area contributed by atoms with Crippen LogP contribution in [0.25, 0.3) is 0 Å². The Hall–Kier alpha value is -3.04. The number of hydrogen-bond acceptors (Lipinski definition) is 12. The molecule has 1 unspecified atom stereocenters. The molecule has 0 aliphatic rings. The molecule has 0 bridgehead atoms. The predicted octanol–water partition coefficient (Wildman–Crippen LogP) is 10.1. The average Bonchev–Trinajstić information content (AvgIpc) is 3.26. The van der Waals surface area contributed by atoms with Crippen molar-refractivity contribution in [2.75, 3.05) is 26.4 Å². The molecule has 15 nitrogen and oxygen atoms in total. The van der Waals surface area contributed by atoms with Gasteiger partial charge in [0.05, 0.1) is 32.0 Å². The number of phosphoric acid groups is 2. The fourth-order valence-electron chi connectivity index (χ4n) is 5.53. The molecule has 0 aromatic rings. The van der Waals surface area contributed by atoms with E-state index in [-0.39, 0.29) is 32.1 Å². The van der Waals surface area contributed by atoms with Crippen molar-refractivity contribution in [3.05, 3.63) is 97.2 Å². The van der Waals surface area contributed by atoms with Gasteiger partial charge < -0.3 is 39.5 Å². The van der Waals surface area contributed by atoms with Crippen LogP contribution in [0.4, 0.5) is 0 Å². The number of phosphoric ester groups is 2. The molecule has 0 aromatic heterocycles. The summed E-state index contributed by atoms with van der Waals surface area (Å²) in [4.78, 5) is 52.8. The molecular formula is C48H80O15P2. The van der Waals surface area contributed by atoms with E-state index < -0.39 is 78.4 Å². The minimum atomic E-state index is -4.91. The summed E-state index contributed by atoms with van der Waals surface area (Å²) in [6.45, 7) is 1.23. The molecule has 0 amide bonds. The summed E-state index contributed by atoms with van der Waals surface area (Å²) in [5.74, 6) is -1.36. The van der Waals surface area contributed by atoms with Gasteiger partial charge in [0.1, 0.15) is 12.7 Å². The molecule has 0 aliphatic carbocycles. The molecule has 0 aromatic carbocycles. The van der Waals surface area contributed by atoms with Crippen LogP contribution in [0, 0.1) is 0 Å². The van der Waals surface area contributed by atoms with E-state index in [9.17, 15) is 38.9 Å². The summed E-state index contributed by atoms with van der Waals surface area (Å²) in [7, 11) is -9.81. The number of carbonyl (C=O) groups excluding carboxylic acids is 2.